The summed E-state index contributed by atoms with van der Waals surface area (Å²) in [5.41, 5.74) is 0. The minimum Gasteiger partial charge on any atom is -0.469 e. The second-order valence-electron chi connectivity index (χ2n) is 7.15. The van der Waals surface area contributed by atoms with Crippen LogP contribution in [-0.4, -0.2) is 94.9 Å². The Hall–Kier alpha value is -1.79. The van der Waals surface area contributed by atoms with Crippen LogP contribution in [0.1, 0.15) is 34.6 Å². The first-order valence-electron chi connectivity index (χ1n) is 10.5. The number of hydrogen-bond donors (Lipinski definition) is 1. The van der Waals surface area contributed by atoms with Gasteiger partial charge in [0.2, 0.25) is 0 Å². The summed E-state index contributed by atoms with van der Waals surface area (Å²) >= 11 is 0. The van der Waals surface area contributed by atoms with Gasteiger partial charge in [0.15, 0.2) is 12.4 Å². The van der Waals surface area contributed by atoms with Gasteiger partial charge in [0.25, 0.3) is 0 Å². The molecular formula is C21H38O11. The van der Waals surface area contributed by atoms with Gasteiger partial charge < -0.3 is 38.3 Å². The van der Waals surface area contributed by atoms with Gasteiger partial charge in [0.1, 0.15) is 6.61 Å². The van der Waals surface area contributed by atoms with Crippen molar-refractivity contribution in [2.45, 2.75) is 53.1 Å². The predicted molar refractivity (Wildman–Crippen MR) is 112 cm³/mol. The summed E-state index contributed by atoms with van der Waals surface area (Å²) in [7, 11) is 1.35. The number of methoxy groups -OCH3 is 1. The van der Waals surface area contributed by atoms with Crippen LogP contribution in [0.4, 0.5) is 0 Å². The largest absolute Gasteiger partial charge is 0.469 e. The van der Waals surface area contributed by atoms with Crippen molar-refractivity contribution < 1.29 is 52.6 Å². The van der Waals surface area contributed by atoms with E-state index in [-0.39, 0.29) is 56.3 Å². The molecule has 0 aliphatic carbocycles. The number of rotatable bonds is 12. The van der Waals surface area contributed by atoms with Gasteiger partial charge in [0, 0.05) is 26.7 Å². The molecule has 0 amide bonds. The van der Waals surface area contributed by atoms with Gasteiger partial charge in [-0.3, -0.25) is 14.4 Å². The standard InChI is InChI=1S/C18H32O9.C3H6O2/c1-12-13(2)17(26-15(4)21)18(27-16(12)11-25-14(3)20)24-10-9-23-8-7-22-6-5-19;1-3(4)5-2/h12-13,16-19H,5-11H2,1-4H3;1-2H3/t12-,13-,16?,17?,18-;/m0./s1. The molecule has 0 spiro atoms. The minimum atomic E-state index is -0.769. The van der Waals surface area contributed by atoms with Crippen LogP contribution in [0.25, 0.3) is 0 Å². The zero-order chi connectivity index (χ0) is 24.5. The number of carbonyl (C=O) groups is 3. The smallest absolute Gasteiger partial charge is 0.303 e. The van der Waals surface area contributed by atoms with Gasteiger partial charge in [-0.05, 0) is 5.92 Å². The summed E-state index contributed by atoms with van der Waals surface area (Å²) in [6.07, 6.45) is -1.68. The van der Waals surface area contributed by atoms with Crippen LogP contribution in [0.2, 0.25) is 0 Å². The first-order valence-corrected chi connectivity index (χ1v) is 10.5. The second-order valence-corrected chi connectivity index (χ2v) is 7.15. The van der Waals surface area contributed by atoms with E-state index >= 15 is 0 Å². The number of ether oxygens (including phenoxy) is 7. The van der Waals surface area contributed by atoms with Gasteiger partial charge in [-0.1, -0.05) is 13.8 Å². The SMILES string of the molecule is CC(=O)OCC1O[C@H](OCCOCCOCCO)C(OC(C)=O)[C@@H](C)[C@@H]1C.COC(C)=O. The van der Waals surface area contributed by atoms with Crippen molar-refractivity contribution in [3.8, 4) is 0 Å². The Kier molecular flexibility index (Phi) is 16.7. The first kappa shape index (κ1) is 30.2. The van der Waals surface area contributed by atoms with E-state index in [1.165, 1.54) is 27.9 Å². The molecule has 0 bridgehead atoms. The highest BCUT2D eigenvalue weighted by molar-refractivity contribution is 5.66. The second kappa shape index (κ2) is 17.7. The maximum absolute atomic E-state index is 11.4. The van der Waals surface area contributed by atoms with Gasteiger partial charge in [-0.25, -0.2) is 0 Å². The lowest BCUT2D eigenvalue weighted by atomic mass is 9.83. The lowest BCUT2D eigenvalue weighted by molar-refractivity contribution is -0.282. The Balaban J connectivity index is 0.00000172. The van der Waals surface area contributed by atoms with Crippen molar-refractivity contribution >= 4 is 17.9 Å². The zero-order valence-corrected chi connectivity index (χ0v) is 19.9. The molecule has 0 aromatic carbocycles. The summed E-state index contributed by atoms with van der Waals surface area (Å²) < 4.78 is 36.7. The van der Waals surface area contributed by atoms with E-state index < -0.39 is 18.4 Å². The Morgan fingerprint density at radius 1 is 0.844 bits per heavy atom. The molecule has 1 aliphatic rings. The molecule has 0 aromatic rings. The fourth-order valence-electron chi connectivity index (χ4n) is 2.75. The van der Waals surface area contributed by atoms with Crippen molar-refractivity contribution in [2.24, 2.45) is 11.8 Å². The first-order chi connectivity index (χ1) is 15.1. The maximum atomic E-state index is 11.4. The van der Waals surface area contributed by atoms with Crippen molar-refractivity contribution in [2.75, 3.05) is 53.4 Å². The lowest BCUT2D eigenvalue weighted by Crippen LogP contribution is -2.53. The summed E-state index contributed by atoms with van der Waals surface area (Å²) in [6, 6.07) is 0. The van der Waals surface area contributed by atoms with Crippen LogP contribution in [0.3, 0.4) is 0 Å². The van der Waals surface area contributed by atoms with E-state index in [2.05, 4.69) is 4.74 Å². The maximum Gasteiger partial charge on any atom is 0.303 e. The molecule has 5 atom stereocenters. The highest BCUT2D eigenvalue weighted by Gasteiger charge is 2.44. The van der Waals surface area contributed by atoms with E-state index in [9.17, 15) is 14.4 Å². The minimum absolute atomic E-state index is 0.00785. The van der Waals surface area contributed by atoms with Crippen molar-refractivity contribution in [1.29, 1.82) is 0 Å². The Labute approximate surface area is 189 Å². The van der Waals surface area contributed by atoms with Crippen molar-refractivity contribution in [1.82, 2.24) is 0 Å². The van der Waals surface area contributed by atoms with Crippen molar-refractivity contribution in [3.63, 3.8) is 0 Å². The van der Waals surface area contributed by atoms with E-state index in [1.807, 2.05) is 13.8 Å². The topological polar surface area (TPSA) is 136 Å². The number of aliphatic hydroxyl groups is 1. The monoisotopic (exact) mass is 466 g/mol. The summed E-state index contributed by atoms with van der Waals surface area (Å²) in [4.78, 5) is 32.1. The highest BCUT2D eigenvalue weighted by atomic mass is 16.7. The van der Waals surface area contributed by atoms with Crippen LogP contribution in [0.5, 0.6) is 0 Å². The molecule has 11 nitrogen and oxygen atoms in total. The van der Waals surface area contributed by atoms with Crippen LogP contribution < -0.4 is 0 Å². The molecule has 32 heavy (non-hydrogen) atoms. The highest BCUT2D eigenvalue weighted by Crippen LogP contribution is 2.33. The van der Waals surface area contributed by atoms with E-state index in [1.54, 1.807) is 0 Å². The number of esters is 3. The van der Waals surface area contributed by atoms with Gasteiger partial charge in [-0.2, -0.15) is 0 Å². The summed E-state index contributed by atoms with van der Waals surface area (Å²) in [5, 5.41) is 8.61. The zero-order valence-electron chi connectivity index (χ0n) is 19.9. The molecule has 1 heterocycles. The third kappa shape index (κ3) is 13.6. The third-order valence-corrected chi connectivity index (χ3v) is 4.67. The number of aliphatic hydroxyl groups excluding tert-OH is 1. The molecule has 1 rings (SSSR count). The van der Waals surface area contributed by atoms with Gasteiger partial charge in [0.05, 0.1) is 52.9 Å². The Bertz CT molecular complexity index is 538. The quantitative estimate of drug-likeness (QED) is 0.247. The Morgan fingerprint density at radius 3 is 1.91 bits per heavy atom. The van der Waals surface area contributed by atoms with E-state index in [0.717, 1.165) is 0 Å². The molecule has 11 heteroatoms. The van der Waals surface area contributed by atoms with Crippen LogP contribution in [0, 0.1) is 11.8 Å². The fraction of sp³-hybridized carbons (Fsp3) is 0.857. The van der Waals surface area contributed by atoms with Crippen LogP contribution in [-0.2, 0) is 47.5 Å². The molecule has 1 saturated heterocycles. The average Bonchev–Trinajstić information content (AvgIpc) is 2.73. The summed E-state index contributed by atoms with van der Waals surface area (Å²) in [5.74, 6) is -1.07. The predicted octanol–water partition coefficient (Wildman–Crippen LogP) is 0.700. The molecule has 0 aromatic heterocycles. The van der Waals surface area contributed by atoms with E-state index in [4.69, 9.17) is 33.5 Å². The molecule has 1 fully saturated rings. The molecule has 1 aliphatic heterocycles. The molecule has 2 unspecified atom stereocenters. The van der Waals surface area contributed by atoms with Crippen LogP contribution in [0.15, 0.2) is 0 Å². The molecule has 0 radical (unpaired) electrons. The molecule has 0 saturated carbocycles. The third-order valence-electron chi connectivity index (χ3n) is 4.67. The normalized spacial score (nSPS) is 24.7. The van der Waals surface area contributed by atoms with Gasteiger partial charge in [-0.15, -0.1) is 0 Å². The Morgan fingerprint density at radius 2 is 1.41 bits per heavy atom. The number of hydrogen-bond acceptors (Lipinski definition) is 11. The summed E-state index contributed by atoms with van der Waals surface area (Å²) in [6.45, 7) is 9.64. The fourth-order valence-corrected chi connectivity index (χ4v) is 2.75. The van der Waals surface area contributed by atoms with Crippen molar-refractivity contribution in [3.05, 3.63) is 0 Å². The molecule has 1 N–H and O–H groups in total. The van der Waals surface area contributed by atoms with Crippen LogP contribution >= 0.6 is 0 Å². The number of carbonyl (C=O) groups excluding carboxylic acids is 3. The molecular weight excluding hydrogens is 428 g/mol. The van der Waals surface area contributed by atoms with Gasteiger partial charge >= 0.3 is 17.9 Å². The molecule has 188 valence electrons. The lowest BCUT2D eigenvalue weighted by Gasteiger charge is -2.43. The average molecular weight is 467 g/mol. The van der Waals surface area contributed by atoms with E-state index in [0.29, 0.717) is 19.8 Å².